The Hall–Kier alpha value is -2.60. The van der Waals surface area contributed by atoms with Gasteiger partial charge in [-0.15, -0.1) is 0 Å². The highest BCUT2D eigenvalue weighted by atomic mass is 32.1. The van der Waals surface area contributed by atoms with E-state index in [9.17, 15) is 4.79 Å². The van der Waals surface area contributed by atoms with Crippen molar-refractivity contribution in [2.45, 2.75) is 6.92 Å². The lowest BCUT2D eigenvalue weighted by atomic mass is 10.1. The van der Waals surface area contributed by atoms with E-state index in [2.05, 4.69) is 15.1 Å². The maximum Gasteiger partial charge on any atom is 0.173 e. The van der Waals surface area contributed by atoms with Gasteiger partial charge in [0.1, 0.15) is 5.75 Å². The summed E-state index contributed by atoms with van der Waals surface area (Å²) in [5.74, 6) is 0.919. The molecule has 136 valence electrons. The van der Waals surface area contributed by atoms with Gasteiger partial charge < -0.3 is 19.9 Å². The predicted molar refractivity (Wildman–Crippen MR) is 109 cm³/mol. The summed E-state index contributed by atoms with van der Waals surface area (Å²) in [6.45, 7) is 5.09. The lowest BCUT2D eigenvalue weighted by molar-refractivity contribution is 0.101. The molecule has 2 aromatic carbocycles. The summed E-state index contributed by atoms with van der Waals surface area (Å²) in [4.78, 5) is 15.9. The number of carbonyl (C=O) groups excluding carboxylic acids is 1. The highest BCUT2D eigenvalue weighted by Crippen LogP contribution is 2.19. The smallest absolute Gasteiger partial charge is 0.173 e. The van der Waals surface area contributed by atoms with Crippen LogP contribution in [0, 0.1) is 0 Å². The second kappa shape index (κ2) is 8.19. The average molecular weight is 369 g/mol. The van der Waals surface area contributed by atoms with Crippen LogP contribution in [0.1, 0.15) is 17.3 Å². The quantitative estimate of drug-likeness (QED) is 0.658. The topological polar surface area (TPSA) is 44.8 Å². The molecule has 0 spiro atoms. The number of piperazine rings is 1. The molecule has 0 unspecified atom stereocenters. The SMILES string of the molecule is COc1ccc(NC(=S)N2CCN(c3ccc(C(C)=O)cc3)CC2)cc1. The fourth-order valence-corrected chi connectivity index (χ4v) is 3.25. The van der Waals surface area contributed by atoms with Gasteiger partial charge in [-0.05, 0) is 67.7 Å². The molecular formula is C20H23N3O2S. The van der Waals surface area contributed by atoms with Gasteiger partial charge in [-0.25, -0.2) is 0 Å². The van der Waals surface area contributed by atoms with Crippen LogP contribution in [0.5, 0.6) is 5.75 Å². The van der Waals surface area contributed by atoms with Crippen molar-refractivity contribution in [3.63, 3.8) is 0 Å². The molecule has 1 saturated heterocycles. The van der Waals surface area contributed by atoms with Crippen molar-refractivity contribution in [2.24, 2.45) is 0 Å². The maximum atomic E-state index is 11.4. The third-order valence-electron chi connectivity index (χ3n) is 4.55. The van der Waals surface area contributed by atoms with Crippen molar-refractivity contribution in [3.05, 3.63) is 54.1 Å². The second-order valence-corrected chi connectivity index (χ2v) is 6.62. The average Bonchev–Trinajstić information content (AvgIpc) is 2.69. The van der Waals surface area contributed by atoms with E-state index in [4.69, 9.17) is 17.0 Å². The Balaban J connectivity index is 1.53. The molecule has 0 radical (unpaired) electrons. The molecule has 0 saturated carbocycles. The minimum atomic E-state index is 0.0938. The Morgan fingerprint density at radius 3 is 2.15 bits per heavy atom. The zero-order valence-corrected chi connectivity index (χ0v) is 15.9. The van der Waals surface area contributed by atoms with Crippen LogP contribution in [0.25, 0.3) is 0 Å². The predicted octanol–water partition coefficient (Wildman–Crippen LogP) is 3.42. The summed E-state index contributed by atoms with van der Waals surface area (Å²) in [7, 11) is 1.65. The Bertz CT molecular complexity index is 767. The standard InChI is InChI=1S/C20H23N3O2S/c1-15(24)16-3-7-18(8-4-16)22-11-13-23(14-12-22)20(26)21-17-5-9-19(25-2)10-6-17/h3-10H,11-14H2,1-2H3,(H,21,26). The van der Waals surface area contributed by atoms with Crippen LogP contribution >= 0.6 is 12.2 Å². The molecule has 0 aliphatic carbocycles. The van der Waals surface area contributed by atoms with Crippen molar-refractivity contribution in [1.82, 2.24) is 4.90 Å². The fraction of sp³-hybridized carbons (Fsp3) is 0.300. The van der Waals surface area contributed by atoms with Gasteiger partial charge in [0.05, 0.1) is 7.11 Å². The number of benzene rings is 2. The van der Waals surface area contributed by atoms with Crippen LogP contribution in [0.15, 0.2) is 48.5 Å². The van der Waals surface area contributed by atoms with Crippen LogP contribution < -0.4 is 15.0 Å². The molecule has 6 heteroatoms. The van der Waals surface area contributed by atoms with E-state index < -0.39 is 0 Å². The highest BCUT2D eigenvalue weighted by molar-refractivity contribution is 7.80. The van der Waals surface area contributed by atoms with Crippen molar-refractivity contribution in [3.8, 4) is 5.75 Å². The number of thiocarbonyl (C=S) groups is 1. The molecule has 3 rings (SSSR count). The number of methoxy groups -OCH3 is 1. The normalized spacial score (nSPS) is 14.1. The molecule has 26 heavy (non-hydrogen) atoms. The Kier molecular flexibility index (Phi) is 5.73. The summed E-state index contributed by atoms with van der Waals surface area (Å²) in [5, 5.41) is 4.02. The number of nitrogens with zero attached hydrogens (tertiary/aromatic N) is 2. The van der Waals surface area contributed by atoms with Crippen LogP contribution in [-0.2, 0) is 0 Å². The molecule has 1 aliphatic heterocycles. The number of hydrogen-bond donors (Lipinski definition) is 1. The first kappa shape index (κ1) is 18.2. The van der Waals surface area contributed by atoms with Crippen LogP contribution in [0.3, 0.4) is 0 Å². The first-order chi connectivity index (χ1) is 12.6. The first-order valence-corrected chi connectivity index (χ1v) is 9.03. The minimum Gasteiger partial charge on any atom is -0.497 e. The Morgan fingerprint density at radius 2 is 1.62 bits per heavy atom. The zero-order chi connectivity index (χ0) is 18.5. The van der Waals surface area contributed by atoms with Gasteiger partial charge >= 0.3 is 0 Å². The van der Waals surface area contributed by atoms with Gasteiger partial charge in [-0.3, -0.25) is 4.79 Å². The number of rotatable bonds is 4. The molecule has 1 heterocycles. The van der Waals surface area contributed by atoms with Crippen molar-refractivity contribution in [1.29, 1.82) is 0 Å². The largest absolute Gasteiger partial charge is 0.497 e. The van der Waals surface area contributed by atoms with Crippen LogP contribution in [-0.4, -0.2) is 49.1 Å². The maximum absolute atomic E-state index is 11.4. The third-order valence-corrected chi connectivity index (χ3v) is 4.91. The number of nitrogens with one attached hydrogen (secondary N) is 1. The number of ketones is 1. The number of carbonyl (C=O) groups is 1. The number of ether oxygens (including phenoxy) is 1. The van der Waals surface area contributed by atoms with Crippen LogP contribution in [0.4, 0.5) is 11.4 Å². The summed E-state index contributed by atoms with van der Waals surface area (Å²) in [6.07, 6.45) is 0. The van der Waals surface area contributed by atoms with Gasteiger partial charge in [0.2, 0.25) is 0 Å². The van der Waals surface area contributed by atoms with E-state index in [-0.39, 0.29) is 5.78 Å². The first-order valence-electron chi connectivity index (χ1n) is 8.63. The fourth-order valence-electron chi connectivity index (χ4n) is 2.95. The van der Waals surface area contributed by atoms with E-state index in [1.807, 2.05) is 48.5 Å². The van der Waals surface area contributed by atoms with E-state index in [0.29, 0.717) is 0 Å². The molecule has 5 nitrogen and oxygen atoms in total. The molecule has 0 bridgehead atoms. The molecule has 0 aromatic heterocycles. The van der Waals surface area contributed by atoms with Crippen molar-refractivity contribution < 1.29 is 9.53 Å². The van der Waals surface area contributed by atoms with Crippen LogP contribution in [0.2, 0.25) is 0 Å². The Labute approximate surface area is 159 Å². The molecule has 0 atom stereocenters. The summed E-state index contributed by atoms with van der Waals surface area (Å²) in [6, 6.07) is 15.5. The highest BCUT2D eigenvalue weighted by Gasteiger charge is 2.19. The molecular weight excluding hydrogens is 346 g/mol. The lowest BCUT2D eigenvalue weighted by Gasteiger charge is -2.37. The third kappa shape index (κ3) is 4.32. The minimum absolute atomic E-state index is 0.0938. The summed E-state index contributed by atoms with van der Waals surface area (Å²) in [5.41, 5.74) is 2.85. The Morgan fingerprint density at radius 1 is 1.00 bits per heavy atom. The molecule has 0 amide bonds. The monoisotopic (exact) mass is 369 g/mol. The number of hydrogen-bond acceptors (Lipinski definition) is 4. The summed E-state index contributed by atoms with van der Waals surface area (Å²) < 4.78 is 5.17. The van der Waals surface area contributed by atoms with Gasteiger partial charge in [0, 0.05) is 43.1 Å². The van der Waals surface area contributed by atoms with Crippen molar-refractivity contribution >= 4 is 34.5 Å². The number of anilines is 2. The van der Waals surface area contributed by atoms with E-state index in [1.54, 1.807) is 14.0 Å². The summed E-state index contributed by atoms with van der Waals surface area (Å²) >= 11 is 5.55. The molecule has 1 fully saturated rings. The lowest BCUT2D eigenvalue weighted by Crippen LogP contribution is -2.50. The van der Waals surface area contributed by atoms with Gasteiger partial charge in [0.15, 0.2) is 10.9 Å². The molecule has 2 aromatic rings. The van der Waals surface area contributed by atoms with E-state index in [1.165, 1.54) is 0 Å². The zero-order valence-electron chi connectivity index (χ0n) is 15.1. The second-order valence-electron chi connectivity index (χ2n) is 6.24. The van der Waals surface area contributed by atoms with Crippen molar-refractivity contribution in [2.75, 3.05) is 43.5 Å². The van der Waals surface area contributed by atoms with E-state index >= 15 is 0 Å². The van der Waals surface area contributed by atoms with Gasteiger partial charge in [0.25, 0.3) is 0 Å². The number of Topliss-reactive ketones (excluding diaryl/α,β-unsaturated/α-hetero) is 1. The van der Waals surface area contributed by atoms with Gasteiger partial charge in [-0.2, -0.15) is 0 Å². The van der Waals surface area contributed by atoms with Gasteiger partial charge in [-0.1, -0.05) is 0 Å². The molecule has 1 aliphatic rings. The van der Waals surface area contributed by atoms with E-state index in [0.717, 1.165) is 54.0 Å². The molecule has 1 N–H and O–H groups in total.